The number of nitrogens with one attached hydrogen (secondary N) is 3. The van der Waals surface area contributed by atoms with E-state index < -0.39 is 0 Å². The third-order valence-electron chi connectivity index (χ3n) is 4.66. The lowest BCUT2D eigenvalue weighted by molar-refractivity contribution is 0.0858. The SMILES string of the molecule is CCOc1ccc(C(=O)NC(=S)Nc2ccccc2C(=O)NCC2CCCO2)cc1Br. The van der Waals surface area contributed by atoms with Crippen molar-refractivity contribution in [3.8, 4) is 5.75 Å². The second-order valence-electron chi connectivity index (χ2n) is 6.88. The number of hydrogen-bond acceptors (Lipinski definition) is 5. The molecule has 0 radical (unpaired) electrons. The van der Waals surface area contributed by atoms with Crippen molar-refractivity contribution >= 4 is 50.8 Å². The zero-order valence-electron chi connectivity index (χ0n) is 17.1. The molecular weight excluding hydrogens is 482 g/mol. The molecule has 1 aliphatic rings. The summed E-state index contributed by atoms with van der Waals surface area (Å²) < 4.78 is 11.7. The van der Waals surface area contributed by atoms with Crippen LogP contribution in [0.15, 0.2) is 46.9 Å². The van der Waals surface area contributed by atoms with Gasteiger partial charge in [-0.15, -0.1) is 0 Å². The molecule has 2 amide bonds. The lowest BCUT2D eigenvalue weighted by atomic mass is 10.1. The van der Waals surface area contributed by atoms with Gasteiger partial charge < -0.3 is 20.1 Å². The van der Waals surface area contributed by atoms with E-state index in [0.717, 1.165) is 19.4 Å². The van der Waals surface area contributed by atoms with Crippen LogP contribution in [0, 0.1) is 0 Å². The predicted molar refractivity (Wildman–Crippen MR) is 127 cm³/mol. The van der Waals surface area contributed by atoms with E-state index in [1.54, 1.807) is 42.5 Å². The standard InChI is InChI=1S/C22H24BrN3O4S/c1-2-29-19-10-9-14(12-17(19)23)20(27)26-22(31)25-18-8-4-3-7-16(18)21(28)24-13-15-6-5-11-30-15/h3-4,7-10,12,15H,2,5-6,11,13H2,1H3,(H,24,28)(H2,25,26,27,31). The third-order valence-corrected chi connectivity index (χ3v) is 5.48. The summed E-state index contributed by atoms with van der Waals surface area (Å²) in [6, 6.07) is 12.0. The summed E-state index contributed by atoms with van der Waals surface area (Å²) >= 11 is 8.67. The first-order valence-electron chi connectivity index (χ1n) is 10.0. The van der Waals surface area contributed by atoms with Gasteiger partial charge in [-0.3, -0.25) is 14.9 Å². The summed E-state index contributed by atoms with van der Waals surface area (Å²) in [5.74, 6) is 0.0485. The highest BCUT2D eigenvalue weighted by molar-refractivity contribution is 9.10. The van der Waals surface area contributed by atoms with Crippen molar-refractivity contribution in [3.63, 3.8) is 0 Å². The molecule has 2 aromatic carbocycles. The first-order chi connectivity index (χ1) is 15.0. The molecule has 164 valence electrons. The maximum atomic E-state index is 12.6. The normalized spacial score (nSPS) is 15.2. The molecule has 3 N–H and O–H groups in total. The van der Waals surface area contributed by atoms with E-state index in [2.05, 4.69) is 31.9 Å². The predicted octanol–water partition coefficient (Wildman–Crippen LogP) is 3.88. The van der Waals surface area contributed by atoms with Crippen molar-refractivity contribution < 1.29 is 19.1 Å². The van der Waals surface area contributed by atoms with Crippen molar-refractivity contribution in [1.29, 1.82) is 0 Å². The van der Waals surface area contributed by atoms with Gasteiger partial charge in [0.15, 0.2) is 5.11 Å². The smallest absolute Gasteiger partial charge is 0.257 e. The Balaban J connectivity index is 1.60. The molecule has 9 heteroatoms. The molecule has 3 rings (SSSR count). The average Bonchev–Trinajstić information content (AvgIpc) is 3.27. The number of hydrogen-bond donors (Lipinski definition) is 3. The van der Waals surface area contributed by atoms with Gasteiger partial charge in [0.1, 0.15) is 5.75 Å². The molecule has 7 nitrogen and oxygen atoms in total. The molecule has 0 aliphatic carbocycles. The van der Waals surface area contributed by atoms with Crippen LogP contribution < -0.4 is 20.7 Å². The van der Waals surface area contributed by atoms with Crippen molar-refractivity contribution in [2.75, 3.05) is 25.1 Å². The van der Waals surface area contributed by atoms with Gasteiger partial charge in [0, 0.05) is 18.7 Å². The number of para-hydroxylation sites is 1. The maximum absolute atomic E-state index is 12.6. The minimum Gasteiger partial charge on any atom is -0.493 e. The fourth-order valence-electron chi connectivity index (χ4n) is 3.14. The van der Waals surface area contributed by atoms with Gasteiger partial charge in [0.25, 0.3) is 11.8 Å². The minimum absolute atomic E-state index is 0.0536. The molecule has 2 aromatic rings. The van der Waals surface area contributed by atoms with E-state index >= 15 is 0 Å². The second kappa shape index (κ2) is 11.2. The van der Waals surface area contributed by atoms with Crippen molar-refractivity contribution in [3.05, 3.63) is 58.1 Å². The van der Waals surface area contributed by atoms with Crippen LogP contribution in [0.1, 0.15) is 40.5 Å². The Morgan fingerprint density at radius 2 is 2.03 bits per heavy atom. The molecule has 31 heavy (non-hydrogen) atoms. The third kappa shape index (κ3) is 6.49. The molecule has 0 spiro atoms. The van der Waals surface area contributed by atoms with Crippen LogP contribution >= 0.6 is 28.1 Å². The second-order valence-corrected chi connectivity index (χ2v) is 8.14. The molecule has 0 saturated carbocycles. The molecule has 1 saturated heterocycles. The zero-order valence-corrected chi connectivity index (χ0v) is 19.5. The summed E-state index contributed by atoms with van der Waals surface area (Å²) in [5, 5.41) is 8.56. The van der Waals surface area contributed by atoms with E-state index in [1.807, 2.05) is 6.92 Å². The van der Waals surface area contributed by atoms with Gasteiger partial charge in [-0.05, 0) is 78.2 Å². The largest absolute Gasteiger partial charge is 0.493 e. The highest BCUT2D eigenvalue weighted by Gasteiger charge is 2.18. The Labute approximate surface area is 195 Å². The maximum Gasteiger partial charge on any atom is 0.257 e. The van der Waals surface area contributed by atoms with Gasteiger partial charge >= 0.3 is 0 Å². The van der Waals surface area contributed by atoms with E-state index in [9.17, 15) is 9.59 Å². The molecule has 1 unspecified atom stereocenters. The van der Waals surface area contributed by atoms with Crippen molar-refractivity contribution in [1.82, 2.24) is 10.6 Å². The van der Waals surface area contributed by atoms with Gasteiger partial charge in [0.05, 0.1) is 28.4 Å². The van der Waals surface area contributed by atoms with Crippen LogP contribution in [0.4, 0.5) is 5.69 Å². The van der Waals surface area contributed by atoms with Crippen LogP contribution in [0.3, 0.4) is 0 Å². The van der Waals surface area contributed by atoms with Crippen LogP contribution in [0.25, 0.3) is 0 Å². The number of carbonyl (C=O) groups excluding carboxylic acids is 2. The van der Waals surface area contributed by atoms with Gasteiger partial charge in [0.2, 0.25) is 0 Å². The number of halogens is 1. The number of anilines is 1. The lowest BCUT2D eigenvalue weighted by Crippen LogP contribution is -2.35. The summed E-state index contributed by atoms with van der Waals surface area (Å²) in [4.78, 5) is 25.2. The van der Waals surface area contributed by atoms with E-state index in [0.29, 0.717) is 40.2 Å². The Morgan fingerprint density at radius 3 is 2.74 bits per heavy atom. The first-order valence-corrected chi connectivity index (χ1v) is 11.2. The number of ether oxygens (including phenoxy) is 2. The Bertz CT molecular complexity index is 964. The monoisotopic (exact) mass is 505 g/mol. The van der Waals surface area contributed by atoms with E-state index in [4.69, 9.17) is 21.7 Å². The molecular formula is C22H24BrN3O4S. The fourth-order valence-corrected chi connectivity index (χ4v) is 3.84. The first kappa shape index (κ1) is 23.2. The summed E-state index contributed by atoms with van der Waals surface area (Å²) in [5.41, 5.74) is 1.36. The Kier molecular flexibility index (Phi) is 8.39. The fraction of sp³-hybridized carbons (Fsp3) is 0.318. The summed E-state index contributed by atoms with van der Waals surface area (Å²) in [6.07, 6.45) is 2.01. The Morgan fingerprint density at radius 1 is 1.23 bits per heavy atom. The van der Waals surface area contributed by atoms with Crippen molar-refractivity contribution in [2.24, 2.45) is 0 Å². The van der Waals surface area contributed by atoms with E-state index in [1.165, 1.54) is 0 Å². The number of thiocarbonyl (C=S) groups is 1. The topological polar surface area (TPSA) is 88.7 Å². The summed E-state index contributed by atoms with van der Waals surface area (Å²) in [7, 11) is 0. The van der Waals surface area contributed by atoms with Gasteiger partial charge in [-0.25, -0.2) is 0 Å². The molecule has 1 fully saturated rings. The molecule has 1 heterocycles. The number of rotatable bonds is 7. The molecule has 0 bridgehead atoms. The van der Waals surface area contributed by atoms with Crippen LogP contribution in [0.5, 0.6) is 5.75 Å². The number of benzene rings is 2. The molecule has 1 atom stereocenters. The van der Waals surface area contributed by atoms with Gasteiger partial charge in [-0.2, -0.15) is 0 Å². The van der Waals surface area contributed by atoms with E-state index in [-0.39, 0.29) is 23.0 Å². The quantitative estimate of drug-likeness (QED) is 0.494. The highest BCUT2D eigenvalue weighted by atomic mass is 79.9. The van der Waals surface area contributed by atoms with Crippen molar-refractivity contribution in [2.45, 2.75) is 25.9 Å². The number of amides is 2. The van der Waals surface area contributed by atoms with Crippen LogP contribution in [-0.4, -0.2) is 42.8 Å². The average molecular weight is 506 g/mol. The van der Waals surface area contributed by atoms with Gasteiger partial charge in [-0.1, -0.05) is 12.1 Å². The Hall–Kier alpha value is -2.49. The minimum atomic E-state index is -0.374. The molecule has 0 aromatic heterocycles. The lowest BCUT2D eigenvalue weighted by Gasteiger charge is -2.15. The summed E-state index contributed by atoms with van der Waals surface area (Å²) in [6.45, 7) is 3.61. The van der Waals surface area contributed by atoms with Crippen LogP contribution in [0.2, 0.25) is 0 Å². The molecule has 1 aliphatic heterocycles. The number of carbonyl (C=O) groups is 2. The van der Waals surface area contributed by atoms with Crippen LogP contribution in [-0.2, 0) is 4.74 Å². The zero-order chi connectivity index (χ0) is 22.2. The highest BCUT2D eigenvalue weighted by Crippen LogP contribution is 2.26.